The predicted octanol–water partition coefficient (Wildman–Crippen LogP) is 2.42. The zero-order valence-electron chi connectivity index (χ0n) is 8.69. The van der Waals surface area contributed by atoms with Gasteiger partial charge in [0.05, 0.1) is 6.61 Å². The minimum absolute atomic E-state index is 0.109. The fourth-order valence-corrected chi connectivity index (χ4v) is 0.959. The normalized spacial score (nSPS) is 14.6. The predicted molar refractivity (Wildman–Crippen MR) is 49.3 cm³/mol. The van der Waals surface area contributed by atoms with Crippen LogP contribution in [0, 0.1) is 0 Å². The van der Waals surface area contributed by atoms with Crippen LogP contribution in [0.2, 0.25) is 0 Å². The van der Waals surface area contributed by atoms with E-state index >= 15 is 0 Å². The van der Waals surface area contributed by atoms with Crippen molar-refractivity contribution in [1.82, 2.24) is 0 Å². The second-order valence-corrected chi connectivity index (χ2v) is 3.48. The topological polar surface area (TPSA) is 35.2 Å². The first-order valence-corrected chi connectivity index (χ1v) is 4.89. The molecule has 0 aromatic rings. The van der Waals surface area contributed by atoms with Crippen LogP contribution in [0.1, 0.15) is 26.2 Å². The number of alkyl halides is 4. The average Bonchev–Trinajstić information content (AvgIpc) is 2.14. The molecule has 2 nitrogen and oxygen atoms in total. The summed E-state index contributed by atoms with van der Waals surface area (Å²) in [6.07, 6.45) is -1.22. The van der Waals surface area contributed by atoms with Crippen LogP contribution in [-0.2, 0) is 4.74 Å². The zero-order chi connectivity index (χ0) is 11.9. The van der Waals surface area contributed by atoms with E-state index in [9.17, 15) is 17.6 Å². The van der Waals surface area contributed by atoms with Crippen LogP contribution in [0.5, 0.6) is 0 Å². The van der Waals surface area contributed by atoms with Gasteiger partial charge in [-0.3, -0.25) is 0 Å². The van der Waals surface area contributed by atoms with Crippen molar-refractivity contribution in [3.63, 3.8) is 0 Å². The number of unbranched alkanes of at least 4 members (excludes halogenated alkanes) is 1. The van der Waals surface area contributed by atoms with Gasteiger partial charge in [-0.25, -0.2) is 8.78 Å². The first kappa shape index (κ1) is 14.6. The number of rotatable bonds is 8. The fourth-order valence-electron chi connectivity index (χ4n) is 0.959. The van der Waals surface area contributed by atoms with Gasteiger partial charge in [-0.05, 0) is 6.42 Å². The van der Waals surface area contributed by atoms with Crippen LogP contribution in [0.3, 0.4) is 0 Å². The van der Waals surface area contributed by atoms with Gasteiger partial charge in [0, 0.05) is 6.04 Å². The molecule has 15 heavy (non-hydrogen) atoms. The van der Waals surface area contributed by atoms with Crippen molar-refractivity contribution in [2.24, 2.45) is 5.73 Å². The van der Waals surface area contributed by atoms with Gasteiger partial charge in [0.25, 0.3) is 0 Å². The quantitative estimate of drug-likeness (QED) is 0.651. The van der Waals surface area contributed by atoms with Gasteiger partial charge in [0.15, 0.2) is 0 Å². The summed E-state index contributed by atoms with van der Waals surface area (Å²) in [6, 6.07) is -0.363. The largest absolute Gasteiger partial charge is 0.373 e. The molecule has 0 saturated heterocycles. The van der Waals surface area contributed by atoms with E-state index < -0.39 is 19.0 Å². The number of ether oxygens (including phenoxy) is 1. The highest BCUT2D eigenvalue weighted by Crippen LogP contribution is 2.22. The summed E-state index contributed by atoms with van der Waals surface area (Å²) in [7, 11) is 0. The molecule has 0 aliphatic carbocycles. The van der Waals surface area contributed by atoms with Crippen LogP contribution >= 0.6 is 0 Å². The average molecular weight is 231 g/mol. The molecule has 0 amide bonds. The van der Waals surface area contributed by atoms with E-state index in [1.54, 1.807) is 0 Å². The minimum atomic E-state index is -4.08. The van der Waals surface area contributed by atoms with Crippen LogP contribution in [0.25, 0.3) is 0 Å². The van der Waals surface area contributed by atoms with E-state index in [0.717, 1.165) is 12.8 Å². The molecular formula is C9H17F4NO. The first-order chi connectivity index (χ1) is 6.90. The van der Waals surface area contributed by atoms with Gasteiger partial charge in [-0.2, -0.15) is 8.78 Å². The Bertz CT molecular complexity index is 166. The number of hydrogen-bond donors (Lipinski definition) is 1. The van der Waals surface area contributed by atoms with E-state index in [4.69, 9.17) is 5.73 Å². The lowest BCUT2D eigenvalue weighted by atomic mass is 10.1. The van der Waals surface area contributed by atoms with Gasteiger partial charge < -0.3 is 10.5 Å². The molecule has 0 heterocycles. The summed E-state index contributed by atoms with van der Waals surface area (Å²) >= 11 is 0. The molecule has 0 fully saturated rings. The third-order valence-electron chi connectivity index (χ3n) is 1.87. The van der Waals surface area contributed by atoms with Crippen molar-refractivity contribution in [2.45, 2.75) is 44.6 Å². The first-order valence-electron chi connectivity index (χ1n) is 4.89. The summed E-state index contributed by atoms with van der Waals surface area (Å²) < 4.78 is 52.5. The Morgan fingerprint density at radius 3 is 2.40 bits per heavy atom. The highest BCUT2D eigenvalue weighted by atomic mass is 19.3. The Labute approximate surface area is 86.8 Å². The summed E-state index contributed by atoms with van der Waals surface area (Å²) in [5, 5.41) is 0. The molecule has 0 rings (SSSR count). The van der Waals surface area contributed by atoms with Crippen LogP contribution < -0.4 is 5.73 Å². The lowest BCUT2D eigenvalue weighted by Crippen LogP contribution is -2.35. The molecule has 0 aliphatic heterocycles. The minimum Gasteiger partial charge on any atom is -0.373 e. The maximum atomic E-state index is 12.3. The molecule has 0 bridgehead atoms. The highest BCUT2D eigenvalue weighted by molar-refractivity contribution is 4.69. The molecule has 92 valence electrons. The molecule has 1 atom stereocenters. The van der Waals surface area contributed by atoms with E-state index in [1.807, 2.05) is 6.92 Å². The Morgan fingerprint density at radius 1 is 1.33 bits per heavy atom. The van der Waals surface area contributed by atoms with Crippen molar-refractivity contribution in [3.05, 3.63) is 0 Å². The van der Waals surface area contributed by atoms with Crippen molar-refractivity contribution in [3.8, 4) is 0 Å². The van der Waals surface area contributed by atoms with Crippen LogP contribution in [0.4, 0.5) is 17.6 Å². The molecule has 0 aromatic carbocycles. The summed E-state index contributed by atoms with van der Waals surface area (Å²) in [4.78, 5) is 0. The Kier molecular flexibility index (Phi) is 6.84. The number of nitrogens with two attached hydrogens (primary N) is 1. The van der Waals surface area contributed by atoms with Gasteiger partial charge in [0.1, 0.15) is 6.61 Å². The van der Waals surface area contributed by atoms with E-state index in [-0.39, 0.29) is 12.6 Å². The van der Waals surface area contributed by atoms with Gasteiger partial charge in [-0.15, -0.1) is 0 Å². The second-order valence-electron chi connectivity index (χ2n) is 3.48. The van der Waals surface area contributed by atoms with Gasteiger partial charge in [0.2, 0.25) is 0 Å². The smallest absolute Gasteiger partial charge is 0.330 e. The molecular weight excluding hydrogens is 214 g/mol. The Hall–Kier alpha value is -0.360. The molecule has 2 N–H and O–H groups in total. The number of hydrogen-bond acceptors (Lipinski definition) is 2. The van der Waals surface area contributed by atoms with Crippen LogP contribution in [-0.4, -0.2) is 31.6 Å². The lowest BCUT2D eigenvalue weighted by molar-refractivity contribution is -0.166. The lowest BCUT2D eigenvalue weighted by Gasteiger charge is -2.17. The Balaban J connectivity index is 3.60. The van der Waals surface area contributed by atoms with Gasteiger partial charge in [-0.1, -0.05) is 19.8 Å². The molecule has 0 aliphatic rings. The fraction of sp³-hybridized carbons (Fsp3) is 1.00. The second kappa shape index (κ2) is 7.00. The molecule has 0 aromatic heterocycles. The van der Waals surface area contributed by atoms with Crippen molar-refractivity contribution in [1.29, 1.82) is 0 Å². The van der Waals surface area contributed by atoms with E-state index in [2.05, 4.69) is 4.74 Å². The SMILES string of the molecule is CCCCC(N)COCC(F)(F)C(F)F. The molecule has 1 unspecified atom stereocenters. The van der Waals surface area contributed by atoms with Crippen molar-refractivity contribution >= 4 is 0 Å². The summed E-state index contributed by atoms with van der Waals surface area (Å²) in [5.74, 6) is -4.08. The van der Waals surface area contributed by atoms with Crippen molar-refractivity contribution < 1.29 is 22.3 Å². The van der Waals surface area contributed by atoms with Crippen molar-refractivity contribution in [2.75, 3.05) is 13.2 Å². The molecule has 0 spiro atoms. The number of halogens is 4. The highest BCUT2D eigenvalue weighted by Gasteiger charge is 2.40. The third kappa shape index (κ3) is 6.67. The standard InChI is InChI=1S/C9H17F4NO/c1-2-3-4-7(14)5-15-6-9(12,13)8(10)11/h7-8H,2-6,14H2,1H3. The van der Waals surface area contributed by atoms with E-state index in [0.29, 0.717) is 6.42 Å². The Morgan fingerprint density at radius 2 is 1.93 bits per heavy atom. The maximum Gasteiger partial charge on any atom is 0.330 e. The summed E-state index contributed by atoms with van der Waals surface area (Å²) in [5.41, 5.74) is 5.51. The maximum absolute atomic E-state index is 12.3. The molecule has 6 heteroatoms. The zero-order valence-corrected chi connectivity index (χ0v) is 8.69. The summed E-state index contributed by atoms with van der Waals surface area (Å²) in [6.45, 7) is 0.589. The van der Waals surface area contributed by atoms with Crippen LogP contribution in [0.15, 0.2) is 0 Å². The van der Waals surface area contributed by atoms with Gasteiger partial charge >= 0.3 is 12.3 Å². The molecule has 0 saturated carbocycles. The monoisotopic (exact) mass is 231 g/mol. The third-order valence-corrected chi connectivity index (χ3v) is 1.87. The van der Waals surface area contributed by atoms with E-state index in [1.165, 1.54) is 0 Å². The molecule has 0 radical (unpaired) electrons.